The number of hydrogen-bond acceptors (Lipinski definition) is 3. The van der Waals surface area contributed by atoms with Crippen LogP contribution in [0, 0.1) is 5.82 Å². The second-order valence-corrected chi connectivity index (χ2v) is 4.13. The van der Waals surface area contributed by atoms with Crippen LogP contribution in [0.3, 0.4) is 0 Å². The van der Waals surface area contributed by atoms with Crippen LogP contribution < -0.4 is 0 Å². The van der Waals surface area contributed by atoms with Gasteiger partial charge in [-0.05, 0) is 6.42 Å². The Hall–Kier alpha value is -1.20. The van der Waals surface area contributed by atoms with Gasteiger partial charge in [-0.3, -0.25) is 0 Å². The minimum Gasteiger partial charge on any atom is -0.328 e. The molecule has 0 aliphatic carbocycles. The molecule has 0 fully saturated rings. The lowest BCUT2D eigenvalue weighted by Crippen LogP contribution is -2.02. The summed E-state index contributed by atoms with van der Waals surface area (Å²) < 4.78 is 15.1. The van der Waals surface area contributed by atoms with Gasteiger partial charge in [0.15, 0.2) is 21.9 Å². The Kier molecular flexibility index (Phi) is 3.59. The Morgan fingerprint density at radius 2 is 1.94 bits per heavy atom. The van der Waals surface area contributed by atoms with E-state index in [4.69, 9.17) is 23.2 Å². The highest BCUT2D eigenvalue weighted by Crippen LogP contribution is 2.23. The first kappa shape index (κ1) is 12.3. The highest BCUT2D eigenvalue weighted by atomic mass is 35.5. The minimum atomic E-state index is -0.807. The molecule has 0 amide bonds. The van der Waals surface area contributed by atoms with Gasteiger partial charge in [-0.15, -0.1) is 0 Å². The van der Waals surface area contributed by atoms with Crippen molar-refractivity contribution in [3.05, 3.63) is 28.6 Å². The van der Waals surface area contributed by atoms with Crippen molar-refractivity contribution in [2.24, 2.45) is 0 Å². The first-order chi connectivity index (χ1) is 8.13. The molecule has 90 valence electrons. The van der Waals surface area contributed by atoms with Crippen molar-refractivity contribution in [1.82, 2.24) is 19.5 Å². The normalized spacial score (nSPS) is 10.8. The van der Waals surface area contributed by atoms with Crippen LogP contribution in [0.2, 0.25) is 10.3 Å². The van der Waals surface area contributed by atoms with Gasteiger partial charge >= 0.3 is 0 Å². The van der Waals surface area contributed by atoms with Crippen LogP contribution in [0.4, 0.5) is 4.39 Å². The quantitative estimate of drug-likeness (QED) is 0.808. The molecule has 2 heterocycles. The fraction of sp³-hybridized carbons (Fsp3) is 0.300. The molecule has 4 nitrogen and oxygen atoms in total. The summed E-state index contributed by atoms with van der Waals surface area (Å²) in [5.41, 5.74) is 0.663. The van der Waals surface area contributed by atoms with Crippen molar-refractivity contribution in [2.75, 3.05) is 0 Å². The van der Waals surface area contributed by atoms with Crippen molar-refractivity contribution in [2.45, 2.75) is 19.9 Å². The van der Waals surface area contributed by atoms with Gasteiger partial charge in [0, 0.05) is 6.54 Å². The average molecular weight is 275 g/mol. The van der Waals surface area contributed by atoms with Crippen LogP contribution in [0.1, 0.15) is 13.3 Å². The van der Waals surface area contributed by atoms with Crippen molar-refractivity contribution >= 4 is 23.2 Å². The molecule has 0 aliphatic rings. The lowest BCUT2D eigenvalue weighted by molar-refractivity contribution is 0.614. The number of aromatic nitrogens is 4. The smallest absolute Gasteiger partial charge is 0.197 e. The van der Waals surface area contributed by atoms with Crippen LogP contribution in [0.15, 0.2) is 12.5 Å². The van der Waals surface area contributed by atoms with E-state index in [-0.39, 0.29) is 16.1 Å². The molecular formula is C10H9Cl2FN4. The Morgan fingerprint density at radius 1 is 1.29 bits per heavy atom. The Bertz CT molecular complexity index is 518. The van der Waals surface area contributed by atoms with Crippen LogP contribution in [-0.4, -0.2) is 19.5 Å². The van der Waals surface area contributed by atoms with Crippen molar-refractivity contribution in [1.29, 1.82) is 0 Å². The Labute approximate surface area is 107 Å². The van der Waals surface area contributed by atoms with Gasteiger partial charge in [-0.1, -0.05) is 30.1 Å². The summed E-state index contributed by atoms with van der Waals surface area (Å²) in [5.74, 6) is -0.536. The zero-order valence-corrected chi connectivity index (χ0v) is 10.5. The van der Waals surface area contributed by atoms with Crippen LogP contribution in [0.5, 0.6) is 0 Å². The van der Waals surface area contributed by atoms with E-state index in [1.54, 1.807) is 12.5 Å². The molecule has 2 aromatic heterocycles. The molecule has 0 saturated carbocycles. The SMILES string of the molecule is CCCn1cncc1-c1nc(Cl)c(F)c(Cl)n1. The second kappa shape index (κ2) is 4.98. The maximum Gasteiger partial charge on any atom is 0.197 e. The maximum absolute atomic E-state index is 13.2. The Balaban J connectivity index is 2.49. The first-order valence-corrected chi connectivity index (χ1v) is 5.78. The first-order valence-electron chi connectivity index (χ1n) is 5.02. The van der Waals surface area contributed by atoms with Gasteiger partial charge in [0.05, 0.1) is 12.5 Å². The van der Waals surface area contributed by atoms with Crippen LogP contribution in [0.25, 0.3) is 11.5 Å². The lowest BCUT2D eigenvalue weighted by atomic mass is 10.4. The highest BCUT2D eigenvalue weighted by Gasteiger charge is 2.14. The highest BCUT2D eigenvalue weighted by molar-refractivity contribution is 6.33. The van der Waals surface area contributed by atoms with Gasteiger partial charge in [-0.25, -0.2) is 19.3 Å². The summed E-state index contributed by atoms with van der Waals surface area (Å²) in [5, 5.41) is -0.575. The van der Waals surface area contributed by atoms with E-state index in [1.807, 2.05) is 11.5 Å². The summed E-state index contributed by atoms with van der Waals surface area (Å²) in [6, 6.07) is 0. The van der Waals surface area contributed by atoms with Gasteiger partial charge < -0.3 is 4.57 Å². The Morgan fingerprint density at radius 3 is 2.53 bits per heavy atom. The topological polar surface area (TPSA) is 43.6 Å². The standard InChI is InChI=1S/C10H9Cl2FN4/c1-2-3-17-5-14-4-6(17)10-15-8(11)7(13)9(12)16-10/h4-5H,2-3H2,1H3. The summed E-state index contributed by atoms with van der Waals surface area (Å²) in [6.45, 7) is 2.81. The lowest BCUT2D eigenvalue weighted by Gasteiger charge is -2.06. The third-order valence-electron chi connectivity index (χ3n) is 2.18. The number of rotatable bonds is 3. The molecule has 0 aliphatic heterocycles. The van der Waals surface area contributed by atoms with E-state index in [2.05, 4.69) is 15.0 Å². The molecule has 0 aromatic carbocycles. The van der Waals surface area contributed by atoms with Gasteiger partial charge in [0.25, 0.3) is 0 Å². The summed E-state index contributed by atoms with van der Waals surface area (Å²) in [7, 11) is 0. The molecule has 2 rings (SSSR count). The van der Waals surface area contributed by atoms with Gasteiger partial charge in [0.2, 0.25) is 0 Å². The third-order valence-corrected chi connectivity index (χ3v) is 2.68. The molecule has 0 saturated heterocycles. The van der Waals surface area contributed by atoms with Gasteiger partial charge in [0.1, 0.15) is 5.69 Å². The maximum atomic E-state index is 13.2. The van der Waals surface area contributed by atoms with E-state index < -0.39 is 5.82 Å². The molecule has 0 radical (unpaired) electrons. The van der Waals surface area contributed by atoms with E-state index in [9.17, 15) is 4.39 Å². The van der Waals surface area contributed by atoms with Crippen LogP contribution >= 0.6 is 23.2 Å². The second-order valence-electron chi connectivity index (χ2n) is 3.42. The summed E-state index contributed by atoms with van der Waals surface area (Å²) in [6.07, 6.45) is 4.19. The number of nitrogens with zero attached hydrogens (tertiary/aromatic N) is 4. The molecule has 0 N–H and O–H groups in total. The number of hydrogen-bond donors (Lipinski definition) is 0. The predicted molar refractivity (Wildman–Crippen MR) is 63.5 cm³/mol. The van der Waals surface area contributed by atoms with Crippen molar-refractivity contribution in [3.8, 4) is 11.5 Å². The molecule has 17 heavy (non-hydrogen) atoms. The van der Waals surface area contributed by atoms with E-state index in [0.717, 1.165) is 13.0 Å². The molecular weight excluding hydrogens is 266 g/mol. The zero-order valence-electron chi connectivity index (χ0n) is 8.99. The number of halogens is 3. The largest absolute Gasteiger partial charge is 0.328 e. The monoisotopic (exact) mass is 274 g/mol. The fourth-order valence-electron chi connectivity index (χ4n) is 1.43. The number of aryl methyl sites for hydroxylation is 1. The molecule has 0 spiro atoms. The molecule has 0 atom stereocenters. The number of imidazole rings is 1. The van der Waals surface area contributed by atoms with E-state index >= 15 is 0 Å². The average Bonchev–Trinajstić information content (AvgIpc) is 2.74. The molecule has 7 heteroatoms. The summed E-state index contributed by atoms with van der Waals surface area (Å²) >= 11 is 11.3. The fourth-order valence-corrected chi connectivity index (χ4v) is 1.82. The van der Waals surface area contributed by atoms with E-state index in [1.165, 1.54) is 0 Å². The minimum absolute atomic E-state index is 0.271. The predicted octanol–water partition coefficient (Wildman–Crippen LogP) is 3.20. The molecule has 0 unspecified atom stereocenters. The third kappa shape index (κ3) is 2.40. The summed E-state index contributed by atoms with van der Waals surface area (Å²) in [4.78, 5) is 11.7. The van der Waals surface area contributed by atoms with Gasteiger partial charge in [-0.2, -0.15) is 0 Å². The van der Waals surface area contributed by atoms with Crippen LogP contribution in [-0.2, 0) is 6.54 Å². The van der Waals surface area contributed by atoms with E-state index in [0.29, 0.717) is 5.69 Å². The molecule has 0 bridgehead atoms. The zero-order chi connectivity index (χ0) is 12.4. The molecule has 2 aromatic rings. The van der Waals surface area contributed by atoms with Crippen molar-refractivity contribution in [3.63, 3.8) is 0 Å². The van der Waals surface area contributed by atoms with Crippen molar-refractivity contribution < 1.29 is 4.39 Å².